The van der Waals surface area contributed by atoms with Crippen LogP contribution in [-0.2, 0) is 6.42 Å². The van der Waals surface area contributed by atoms with Crippen molar-refractivity contribution in [3.63, 3.8) is 0 Å². The maximum atomic E-state index is 8.88. The molecular weight excluding hydrogens is 280 g/mol. The Morgan fingerprint density at radius 1 is 0.609 bits per heavy atom. The van der Waals surface area contributed by atoms with Gasteiger partial charge in [-0.2, -0.15) is 0 Å². The summed E-state index contributed by atoms with van der Waals surface area (Å²) in [5.41, 5.74) is 1.46. The molecule has 0 unspecified atom stereocenters. The summed E-state index contributed by atoms with van der Waals surface area (Å²) in [6, 6.07) is 20.2. The second-order valence-corrected chi connectivity index (χ2v) is 6.47. The smallest absolute Gasteiger partial charge is 0.0431 e. The van der Waals surface area contributed by atoms with Crippen LogP contribution in [0.15, 0.2) is 54.6 Å². The minimum absolute atomic E-state index is 0.318. The van der Waals surface area contributed by atoms with Crippen molar-refractivity contribution >= 4 is 32.3 Å². The molecule has 23 heavy (non-hydrogen) atoms. The Hall–Kier alpha value is -2.12. The average molecular weight is 302 g/mol. The normalized spacial score (nSPS) is 11.9. The van der Waals surface area contributed by atoms with Crippen LogP contribution in [-0.4, -0.2) is 11.7 Å². The molecule has 1 N–H and O–H groups in total. The van der Waals surface area contributed by atoms with E-state index in [1.165, 1.54) is 50.7 Å². The number of aliphatic hydroxyl groups is 1. The Bertz CT molecular complexity index is 923. The van der Waals surface area contributed by atoms with Crippen molar-refractivity contribution in [2.45, 2.75) is 32.1 Å². The molecule has 0 spiro atoms. The van der Waals surface area contributed by atoms with Gasteiger partial charge in [0, 0.05) is 6.61 Å². The summed E-state index contributed by atoms with van der Waals surface area (Å²) in [6.07, 6.45) is 5.58. The first-order valence-corrected chi connectivity index (χ1v) is 8.65. The molecule has 4 aromatic rings. The molecule has 0 heterocycles. The molecule has 0 fully saturated rings. The molecule has 0 aliphatic carbocycles. The molecule has 0 aromatic heterocycles. The van der Waals surface area contributed by atoms with Crippen LogP contribution in [0.25, 0.3) is 32.3 Å². The number of hydrogen-bond donors (Lipinski definition) is 1. The topological polar surface area (TPSA) is 20.2 Å². The second kappa shape index (κ2) is 6.17. The first-order valence-electron chi connectivity index (χ1n) is 8.65. The van der Waals surface area contributed by atoms with Gasteiger partial charge < -0.3 is 5.11 Å². The molecular formula is C22H22O. The molecule has 0 aliphatic heterocycles. The monoisotopic (exact) mass is 302 g/mol. The fourth-order valence-electron chi connectivity index (χ4n) is 3.79. The highest BCUT2D eigenvalue weighted by atomic mass is 16.2. The zero-order chi connectivity index (χ0) is 15.6. The Morgan fingerprint density at radius 3 is 2.04 bits per heavy atom. The van der Waals surface area contributed by atoms with Gasteiger partial charge in [0.1, 0.15) is 0 Å². The summed E-state index contributed by atoms with van der Waals surface area (Å²) in [5, 5.41) is 17.1. The van der Waals surface area contributed by atoms with Gasteiger partial charge in [-0.25, -0.2) is 0 Å². The third kappa shape index (κ3) is 2.55. The Labute approximate surface area is 136 Å². The third-order valence-electron chi connectivity index (χ3n) is 4.97. The summed E-state index contributed by atoms with van der Waals surface area (Å²) in [4.78, 5) is 0. The van der Waals surface area contributed by atoms with Gasteiger partial charge in [-0.3, -0.25) is 0 Å². The lowest BCUT2D eigenvalue weighted by molar-refractivity contribution is 0.282. The van der Waals surface area contributed by atoms with Gasteiger partial charge in [0.2, 0.25) is 0 Å². The van der Waals surface area contributed by atoms with Crippen LogP contribution in [0.5, 0.6) is 0 Å². The number of aliphatic hydroxyl groups excluding tert-OH is 1. The Balaban J connectivity index is 1.77. The molecule has 0 saturated heterocycles. The van der Waals surface area contributed by atoms with E-state index in [2.05, 4.69) is 54.6 Å². The maximum absolute atomic E-state index is 8.88. The van der Waals surface area contributed by atoms with Crippen LogP contribution in [0.3, 0.4) is 0 Å². The molecule has 1 nitrogen and oxygen atoms in total. The van der Waals surface area contributed by atoms with Crippen LogP contribution >= 0.6 is 0 Å². The predicted molar refractivity (Wildman–Crippen MR) is 99.4 cm³/mol. The van der Waals surface area contributed by atoms with E-state index in [-0.39, 0.29) is 0 Å². The standard InChI is InChI=1S/C22H22O/c23-15-4-2-1-3-6-16-9-10-19-12-11-17-7-5-8-18-13-14-20(16)22(19)21(17)18/h5,7-14,23H,1-4,6,15H2. The van der Waals surface area contributed by atoms with Crippen molar-refractivity contribution in [3.8, 4) is 0 Å². The number of benzene rings is 4. The summed E-state index contributed by atoms with van der Waals surface area (Å²) >= 11 is 0. The van der Waals surface area contributed by atoms with Gasteiger partial charge in [-0.05, 0) is 57.1 Å². The van der Waals surface area contributed by atoms with Gasteiger partial charge in [0.05, 0.1) is 0 Å². The third-order valence-corrected chi connectivity index (χ3v) is 4.97. The largest absolute Gasteiger partial charge is 0.396 e. The molecule has 4 aromatic carbocycles. The van der Waals surface area contributed by atoms with Crippen LogP contribution in [0.1, 0.15) is 31.2 Å². The highest BCUT2D eigenvalue weighted by Crippen LogP contribution is 2.36. The SMILES string of the molecule is OCCCCCCc1ccc2ccc3cccc4ccc1c2c34. The van der Waals surface area contributed by atoms with Crippen molar-refractivity contribution < 1.29 is 5.11 Å². The highest BCUT2D eigenvalue weighted by molar-refractivity contribution is 6.23. The molecule has 0 saturated carbocycles. The minimum Gasteiger partial charge on any atom is -0.396 e. The zero-order valence-corrected chi connectivity index (χ0v) is 13.4. The maximum Gasteiger partial charge on any atom is 0.0431 e. The molecule has 0 amide bonds. The lowest BCUT2D eigenvalue weighted by atomic mass is 9.90. The van der Waals surface area contributed by atoms with Gasteiger partial charge in [-0.15, -0.1) is 0 Å². The van der Waals surface area contributed by atoms with Gasteiger partial charge in [0.15, 0.2) is 0 Å². The van der Waals surface area contributed by atoms with E-state index >= 15 is 0 Å². The van der Waals surface area contributed by atoms with Crippen LogP contribution < -0.4 is 0 Å². The molecule has 4 rings (SSSR count). The van der Waals surface area contributed by atoms with Crippen molar-refractivity contribution in [2.24, 2.45) is 0 Å². The Morgan fingerprint density at radius 2 is 1.26 bits per heavy atom. The van der Waals surface area contributed by atoms with E-state index in [4.69, 9.17) is 5.11 Å². The number of rotatable bonds is 6. The molecule has 0 aliphatic rings. The van der Waals surface area contributed by atoms with Crippen molar-refractivity contribution in [1.29, 1.82) is 0 Å². The van der Waals surface area contributed by atoms with E-state index in [0.29, 0.717) is 6.61 Å². The summed E-state index contributed by atoms with van der Waals surface area (Å²) in [7, 11) is 0. The van der Waals surface area contributed by atoms with Crippen LogP contribution in [0.4, 0.5) is 0 Å². The summed E-state index contributed by atoms with van der Waals surface area (Å²) in [6.45, 7) is 0.318. The molecule has 116 valence electrons. The van der Waals surface area contributed by atoms with E-state index in [1.807, 2.05) is 0 Å². The molecule has 0 atom stereocenters. The molecule has 1 heteroatoms. The van der Waals surface area contributed by atoms with E-state index in [0.717, 1.165) is 19.3 Å². The number of unbranched alkanes of at least 4 members (excludes halogenated alkanes) is 3. The fraction of sp³-hybridized carbons (Fsp3) is 0.273. The lowest BCUT2D eigenvalue weighted by Crippen LogP contribution is -1.91. The summed E-state index contributed by atoms with van der Waals surface area (Å²) in [5.74, 6) is 0. The van der Waals surface area contributed by atoms with Crippen LogP contribution in [0, 0.1) is 0 Å². The quantitative estimate of drug-likeness (QED) is 0.359. The van der Waals surface area contributed by atoms with Gasteiger partial charge in [-0.1, -0.05) is 67.4 Å². The van der Waals surface area contributed by atoms with Crippen molar-refractivity contribution in [3.05, 3.63) is 60.2 Å². The number of hydrogen-bond acceptors (Lipinski definition) is 1. The van der Waals surface area contributed by atoms with Crippen LogP contribution in [0.2, 0.25) is 0 Å². The van der Waals surface area contributed by atoms with Gasteiger partial charge >= 0.3 is 0 Å². The summed E-state index contributed by atoms with van der Waals surface area (Å²) < 4.78 is 0. The first kappa shape index (κ1) is 14.5. The number of aryl methyl sites for hydroxylation is 1. The van der Waals surface area contributed by atoms with Crippen molar-refractivity contribution in [2.75, 3.05) is 6.61 Å². The van der Waals surface area contributed by atoms with E-state index in [1.54, 1.807) is 0 Å². The lowest BCUT2D eigenvalue weighted by Gasteiger charge is -2.13. The molecule has 0 radical (unpaired) electrons. The fourth-order valence-corrected chi connectivity index (χ4v) is 3.79. The van der Waals surface area contributed by atoms with Gasteiger partial charge in [0.25, 0.3) is 0 Å². The average Bonchev–Trinajstić information content (AvgIpc) is 2.60. The van der Waals surface area contributed by atoms with Crippen molar-refractivity contribution in [1.82, 2.24) is 0 Å². The minimum atomic E-state index is 0.318. The molecule has 0 bridgehead atoms. The first-order chi connectivity index (χ1) is 11.4. The zero-order valence-electron chi connectivity index (χ0n) is 13.4. The predicted octanol–water partition coefficient (Wildman–Crippen LogP) is 5.68. The van der Waals surface area contributed by atoms with E-state index in [9.17, 15) is 0 Å². The highest BCUT2D eigenvalue weighted by Gasteiger charge is 2.10. The second-order valence-electron chi connectivity index (χ2n) is 6.47. The Kier molecular flexibility index (Phi) is 3.88. The van der Waals surface area contributed by atoms with E-state index < -0.39 is 0 Å².